The molecule has 0 aromatic heterocycles. The number of ether oxygens (including phenoxy) is 2. The van der Waals surface area contributed by atoms with E-state index in [0.717, 1.165) is 31.2 Å². The Morgan fingerprint density at radius 2 is 2.06 bits per heavy atom. The van der Waals surface area contributed by atoms with E-state index in [-0.39, 0.29) is 12.4 Å². The van der Waals surface area contributed by atoms with E-state index in [1.807, 2.05) is 31.2 Å². The van der Waals surface area contributed by atoms with Gasteiger partial charge in [0.25, 0.3) is 0 Å². The summed E-state index contributed by atoms with van der Waals surface area (Å²) in [6.07, 6.45) is 1.21. The van der Waals surface area contributed by atoms with Crippen LogP contribution in [-0.4, -0.2) is 26.3 Å². The Bertz CT molecular complexity index is 327. The lowest BCUT2D eigenvalue weighted by atomic mass is 10.1. The fourth-order valence-electron chi connectivity index (χ4n) is 1.89. The highest BCUT2D eigenvalue weighted by Crippen LogP contribution is 2.20. The Balaban J connectivity index is 0.00000144. The van der Waals surface area contributed by atoms with Crippen molar-refractivity contribution in [3.05, 3.63) is 24.3 Å². The minimum atomic E-state index is 0. The Labute approximate surface area is 109 Å². The number of hydrogen-bond donors (Lipinski definition) is 1. The van der Waals surface area contributed by atoms with Crippen molar-refractivity contribution in [1.82, 2.24) is 5.32 Å². The average Bonchev–Trinajstić information content (AvgIpc) is 2.80. The van der Waals surface area contributed by atoms with Gasteiger partial charge in [0, 0.05) is 18.5 Å². The molecule has 1 saturated heterocycles. The van der Waals surface area contributed by atoms with E-state index in [1.54, 1.807) is 0 Å². The zero-order chi connectivity index (χ0) is 11.2. The van der Waals surface area contributed by atoms with Crippen LogP contribution in [0.25, 0.3) is 0 Å². The molecular weight excluding hydrogens is 238 g/mol. The highest BCUT2D eigenvalue weighted by Gasteiger charge is 2.14. The topological polar surface area (TPSA) is 30.5 Å². The summed E-state index contributed by atoms with van der Waals surface area (Å²) < 4.78 is 11.2. The molecule has 4 heteroatoms. The molecule has 0 saturated carbocycles. The third-order valence-electron chi connectivity index (χ3n) is 2.76. The van der Waals surface area contributed by atoms with E-state index in [1.165, 1.54) is 6.42 Å². The van der Waals surface area contributed by atoms with Crippen LogP contribution in [0.4, 0.5) is 0 Å². The van der Waals surface area contributed by atoms with Crippen LogP contribution in [0.3, 0.4) is 0 Å². The van der Waals surface area contributed by atoms with Gasteiger partial charge in [-0.3, -0.25) is 0 Å². The van der Waals surface area contributed by atoms with Gasteiger partial charge in [0.2, 0.25) is 0 Å². The lowest BCUT2D eigenvalue weighted by Gasteiger charge is -2.11. The Morgan fingerprint density at radius 3 is 2.71 bits per heavy atom. The maximum absolute atomic E-state index is 5.76. The molecule has 0 aliphatic carbocycles. The molecular formula is C13H20ClNO2. The molecule has 0 bridgehead atoms. The van der Waals surface area contributed by atoms with Gasteiger partial charge in [0.05, 0.1) is 13.2 Å². The second kappa shape index (κ2) is 7.41. The molecule has 1 atom stereocenters. The van der Waals surface area contributed by atoms with Crippen molar-refractivity contribution in [3.63, 3.8) is 0 Å². The molecule has 1 aliphatic heterocycles. The van der Waals surface area contributed by atoms with Gasteiger partial charge in [-0.1, -0.05) is 6.07 Å². The van der Waals surface area contributed by atoms with E-state index < -0.39 is 0 Å². The first-order valence-electron chi connectivity index (χ1n) is 5.95. The maximum Gasteiger partial charge on any atom is 0.122 e. The highest BCUT2D eigenvalue weighted by molar-refractivity contribution is 5.85. The molecule has 17 heavy (non-hydrogen) atoms. The van der Waals surface area contributed by atoms with Crippen LogP contribution >= 0.6 is 12.4 Å². The second-order valence-electron chi connectivity index (χ2n) is 4.08. The summed E-state index contributed by atoms with van der Waals surface area (Å²) in [4.78, 5) is 0. The minimum absolute atomic E-state index is 0. The molecule has 0 unspecified atom stereocenters. The number of nitrogens with one attached hydrogen (secondary N) is 1. The summed E-state index contributed by atoms with van der Waals surface area (Å²) >= 11 is 0. The standard InChI is InChI=1S/C13H19NO2.ClH/c1-2-15-12-4-3-5-13(8-12)16-10-11-6-7-14-9-11;/h3-5,8,11,14H,2,6-7,9-10H2,1H3;1H/t11-;/m1./s1. The highest BCUT2D eigenvalue weighted by atomic mass is 35.5. The summed E-state index contributed by atoms with van der Waals surface area (Å²) in [7, 11) is 0. The number of hydrogen-bond acceptors (Lipinski definition) is 3. The van der Waals surface area contributed by atoms with Gasteiger partial charge in [0.1, 0.15) is 11.5 Å². The summed E-state index contributed by atoms with van der Waals surface area (Å²) in [5.41, 5.74) is 0. The Morgan fingerprint density at radius 1 is 1.29 bits per heavy atom. The third kappa shape index (κ3) is 4.44. The predicted octanol–water partition coefficient (Wildman–Crippen LogP) is 2.50. The quantitative estimate of drug-likeness (QED) is 0.879. The van der Waals surface area contributed by atoms with Crippen LogP contribution in [0.15, 0.2) is 24.3 Å². The van der Waals surface area contributed by atoms with Crippen molar-refractivity contribution in [2.24, 2.45) is 5.92 Å². The van der Waals surface area contributed by atoms with Crippen LogP contribution in [-0.2, 0) is 0 Å². The van der Waals surface area contributed by atoms with E-state index in [9.17, 15) is 0 Å². The van der Waals surface area contributed by atoms with E-state index in [4.69, 9.17) is 9.47 Å². The van der Waals surface area contributed by atoms with Gasteiger partial charge in [-0.05, 0) is 32.0 Å². The molecule has 3 nitrogen and oxygen atoms in total. The molecule has 96 valence electrons. The van der Waals surface area contributed by atoms with Crippen LogP contribution in [0, 0.1) is 5.92 Å². The van der Waals surface area contributed by atoms with Gasteiger partial charge in [-0.25, -0.2) is 0 Å². The van der Waals surface area contributed by atoms with Crippen molar-refractivity contribution in [3.8, 4) is 11.5 Å². The van der Waals surface area contributed by atoms with Crippen LogP contribution < -0.4 is 14.8 Å². The third-order valence-corrected chi connectivity index (χ3v) is 2.76. The van der Waals surface area contributed by atoms with Gasteiger partial charge in [0.15, 0.2) is 0 Å². The molecule has 1 heterocycles. The van der Waals surface area contributed by atoms with Crippen molar-refractivity contribution in [2.45, 2.75) is 13.3 Å². The molecule has 0 amide bonds. The first-order valence-corrected chi connectivity index (χ1v) is 5.95. The second-order valence-corrected chi connectivity index (χ2v) is 4.08. The van der Waals surface area contributed by atoms with Crippen molar-refractivity contribution in [2.75, 3.05) is 26.3 Å². The fraction of sp³-hybridized carbons (Fsp3) is 0.538. The van der Waals surface area contributed by atoms with E-state index in [2.05, 4.69) is 5.32 Å². The largest absolute Gasteiger partial charge is 0.494 e. The number of halogens is 1. The molecule has 1 N–H and O–H groups in total. The molecule has 1 fully saturated rings. The molecule has 1 aliphatic rings. The summed E-state index contributed by atoms with van der Waals surface area (Å²) in [6, 6.07) is 7.84. The number of benzene rings is 1. The van der Waals surface area contributed by atoms with Crippen molar-refractivity contribution >= 4 is 12.4 Å². The fourth-order valence-corrected chi connectivity index (χ4v) is 1.89. The number of rotatable bonds is 5. The first kappa shape index (κ1) is 14.1. The van der Waals surface area contributed by atoms with Crippen molar-refractivity contribution < 1.29 is 9.47 Å². The van der Waals surface area contributed by atoms with Gasteiger partial charge in [-0.2, -0.15) is 0 Å². The normalized spacial score (nSPS) is 18.5. The Kier molecular flexibility index (Phi) is 6.16. The first-order chi connectivity index (χ1) is 7.88. The van der Waals surface area contributed by atoms with Crippen LogP contribution in [0.5, 0.6) is 11.5 Å². The zero-order valence-electron chi connectivity index (χ0n) is 10.1. The Hall–Kier alpha value is -0.930. The van der Waals surface area contributed by atoms with Crippen LogP contribution in [0.2, 0.25) is 0 Å². The zero-order valence-corrected chi connectivity index (χ0v) is 11.0. The average molecular weight is 258 g/mol. The maximum atomic E-state index is 5.76. The summed E-state index contributed by atoms with van der Waals surface area (Å²) in [5, 5.41) is 3.34. The monoisotopic (exact) mass is 257 g/mol. The van der Waals surface area contributed by atoms with E-state index >= 15 is 0 Å². The molecule has 1 aromatic carbocycles. The van der Waals surface area contributed by atoms with Crippen LogP contribution in [0.1, 0.15) is 13.3 Å². The SMILES string of the molecule is CCOc1cccc(OC[C@@H]2CCNC2)c1.Cl. The van der Waals surface area contributed by atoms with Crippen molar-refractivity contribution in [1.29, 1.82) is 0 Å². The molecule has 0 spiro atoms. The molecule has 0 radical (unpaired) electrons. The lowest BCUT2D eigenvalue weighted by molar-refractivity contribution is 0.258. The van der Waals surface area contributed by atoms with E-state index in [0.29, 0.717) is 12.5 Å². The van der Waals surface area contributed by atoms with Gasteiger partial charge in [-0.15, -0.1) is 12.4 Å². The summed E-state index contributed by atoms with van der Waals surface area (Å²) in [6.45, 7) is 5.66. The minimum Gasteiger partial charge on any atom is -0.494 e. The molecule has 2 rings (SSSR count). The lowest BCUT2D eigenvalue weighted by Crippen LogP contribution is -2.15. The molecule has 1 aromatic rings. The predicted molar refractivity (Wildman–Crippen MR) is 71.3 cm³/mol. The van der Waals surface area contributed by atoms with Gasteiger partial charge < -0.3 is 14.8 Å². The summed E-state index contributed by atoms with van der Waals surface area (Å²) in [5.74, 6) is 2.43. The van der Waals surface area contributed by atoms with Gasteiger partial charge >= 0.3 is 0 Å². The smallest absolute Gasteiger partial charge is 0.122 e.